The van der Waals surface area contributed by atoms with Gasteiger partial charge in [0.05, 0.1) is 17.6 Å². The number of fused-ring (bicyclic) bond motifs is 1. The lowest BCUT2D eigenvalue weighted by Crippen LogP contribution is -2.52. The average Bonchev–Trinajstić information content (AvgIpc) is 3.76. The summed E-state index contributed by atoms with van der Waals surface area (Å²) >= 11 is 8.60. The minimum absolute atomic E-state index is 0.508. The number of nitrogens with one attached hydrogen (secondary N) is 2. The number of hydrogen-bond donors (Lipinski definition) is 2. The van der Waals surface area contributed by atoms with Crippen molar-refractivity contribution >= 4 is 58.1 Å². The van der Waals surface area contributed by atoms with Crippen molar-refractivity contribution in [3.63, 3.8) is 0 Å². The summed E-state index contributed by atoms with van der Waals surface area (Å²) in [6, 6.07) is 14.0. The second-order valence-corrected chi connectivity index (χ2v) is 14.1. The molecule has 2 saturated heterocycles. The Morgan fingerprint density at radius 1 is 0.930 bits per heavy atom. The van der Waals surface area contributed by atoms with Crippen LogP contribution in [0.2, 0.25) is 5.02 Å². The van der Waals surface area contributed by atoms with Crippen molar-refractivity contribution in [2.75, 3.05) is 72.7 Å². The summed E-state index contributed by atoms with van der Waals surface area (Å²) < 4.78 is 2.45. The zero-order chi connectivity index (χ0) is 29.3. The van der Waals surface area contributed by atoms with Crippen LogP contribution in [0.5, 0.6) is 0 Å². The van der Waals surface area contributed by atoms with Crippen LogP contribution in [0.1, 0.15) is 43.7 Å². The molecule has 8 nitrogen and oxygen atoms in total. The van der Waals surface area contributed by atoms with Crippen LogP contribution in [-0.2, 0) is 12.8 Å². The fraction of sp³-hybridized carbons (Fsp3) is 0.515. The van der Waals surface area contributed by atoms with Crippen molar-refractivity contribution in [1.29, 1.82) is 0 Å². The van der Waals surface area contributed by atoms with E-state index in [-0.39, 0.29) is 0 Å². The van der Waals surface area contributed by atoms with Crippen LogP contribution >= 0.6 is 23.5 Å². The Balaban J connectivity index is 1.03. The zero-order valence-electron chi connectivity index (χ0n) is 25.4. The first-order valence-corrected chi connectivity index (χ1v) is 17.2. The number of hydrogen-bond acceptors (Lipinski definition) is 9. The van der Waals surface area contributed by atoms with Gasteiger partial charge in [0.25, 0.3) is 0 Å². The summed E-state index contributed by atoms with van der Waals surface area (Å²) in [7, 11) is 2.23. The molecule has 3 fully saturated rings. The van der Waals surface area contributed by atoms with E-state index in [1.54, 1.807) is 6.20 Å². The molecule has 7 rings (SSSR count). The molecule has 0 bridgehead atoms. The molecule has 3 aliphatic heterocycles. The van der Waals surface area contributed by atoms with E-state index in [2.05, 4.69) is 85.0 Å². The van der Waals surface area contributed by atoms with Gasteiger partial charge in [-0.25, -0.2) is 4.98 Å². The van der Waals surface area contributed by atoms with Crippen LogP contribution in [0.3, 0.4) is 0 Å². The van der Waals surface area contributed by atoms with Crippen LogP contribution in [0.25, 0.3) is 0 Å². The molecule has 228 valence electrons. The van der Waals surface area contributed by atoms with E-state index < -0.39 is 0 Å². The largest absolute Gasteiger partial charge is 0.371 e. The maximum absolute atomic E-state index is 6.62. The smallest absolute Gasteiger partial charge is 0.229 e. The lowest BCUT2D eigenvalue weighted by molar-refractivity contribution is 0.0982. The Labute approximate surface area is 265 Å². The number of nitrogens with zero attached hydrogens (tertiary/aromatic N) is 6. The molecule has 3 aromatic rings. The van der Waals surface area contributed by atoms with Crippen molar-refractivity contribution in [3.8, 4) is 0 Å². The number of para-hydroxylation sites is 1. The Bertz CT molecular complexity index is 1430. The van der Waals surface area contributed by atoms with Gasteiger partial charge in [-0.1, -0.05) is 30.7 Å². The minimum atomic E-state index is 0.508. The van der Waals surface area contributed by atoms with Gasteiger partial charge < -0.3 is 24.7 Å². The van der Waals surface area contributed by atoms with Gasteiger partial charge in [-0.2, -0.15) is 4.98 Å². The van der Waals surface area contributed by atoms with Gasteiger partial charge in [0.2, 0.25) is 5.95 Å². The van der Waals surface area contributed by atoms with Gasteiger partial charge >= 0.3 is 0 Å². The lowest BCUT2D eigenvalue weighted by atomic mass is 10.0. The van der Waals surface area contributed by atoms with Gasteiger partial charge in [-0.05, 0) is 92.9 Å². The molecule has 4 heterocycles. The van der Waals surface area contributed by atoms with Gasteiger partial charge in [-0.15, -0.1) is 0 Å². The third-order valence-corrected chi connectivity index (χ3v) is 11.0. The maximum Gasteiger partial charge on any atom is 0.229 e. The Morgan fingerprint density at radius 3 is 2.51 bits per heavy atom. The first kappa shape index (κ1) is 29.0. The molecular weight excluding hydrogens is 576 g/mol. The zero-order valence-corrected chi connectivity index (χ0v) is 26.9. The molecule has 0 amide bonds. The highest BCUT2D eigenvalue weighted by molar-refractivity contribution is 8.01. The molecule has 4 aliphatic rings. The number of aromatic nitrogens is 2. The predicted octanol–water partition coefficient (Wildman–Crippen LogP) is 6.57. The molecule has 1 aliphatic carbocycles. The van der Waals surface area contributed by atoms with E-state index in [1.165, 1.54) is 74.4 Å². The molecule has 2 aromatic carbocycles. The second-order valence-electron chi connectivity index (χ2n) is 12.4. The first-order chi connectivity index (χ1) is 21.0. The molecule has 0 unspecified atom stereocenters. The normalized spacial score (nSPS) is 20.0. The van der Waals surface area contributed by atoms with Crippen molar-refractivity contribution in [1.82, 2.24) is 19.8 Å². The highest BCUT2D eigenvalue weighted by atomic mass is 35.5. The highest BCUT2D eigenvalue weighted by Crippen LogP contribution is 2.46. The SMILES string of the molecule is CCc1cc(N2CCC(N3CCN(C)CC3)CC2)ccc1Nc1ncc(Cl)c(Nc2cccc3c2N(SC2CC2)CC3)n1. The predicted molar refractivity (Wildman–Crippen MR) is 182 cm³/mol. The molecule has 43 heavy (non-hydrogen) atoms. The molecule has 0 radical (unpaired) electrons. The van der Waals surface area contributed by atoms with E-state index in [9.17, 15) is 0 Å². The topological polar surface area (TPSA) is 62.8 Å². The number of rotatable bonds is 9. The number of aryl methyl sites for hydroxylation is 1. The fourth-order valence-corrected chi connectivity index (χ4v) is 7.97. The number of piperazine rings is 1. The summed E-state index contributed by atoms with van der Waals surface area (Å²) in [6.45, 7) is 10.3. The summed E-state index contributed by atoms with van der Waals surface area (Å²) in [5.41, 5.74) is 7.30. The van der Waals surface area contributed by atoms with Gasteiger partial charge in [0.1, 0.15) is 5.02 Å². The third kappa shape index (κ3) is 6.55. The second kappa shape index (κ2) is 12.7. The minimum Gasteiger partial charge on any atom is -0.371 e. The number of anilines is 6. The van der Waals surface area contributed by atoms with E-state index in [0.29, 0.717) is 16.8 Å². The van der Waals surface area contributed by atoms with Crippen LogP contribution in [0.4, 0.5) is 34.5 Å². The van der Waals surface area contributed by atoms with Crippen molar-refractivity contribution < 1.29 is 0 Å². The molecule has 2 N–H and O–H groups in total. The lowest BCUT2D eigenvalue weighted by Gasteiger charge is -2.42. The number of piperidine rings is 1. The first-order valence-electron chi connectivity index (χ1n) is 16.0. The van der Waals surface area contributed by atoms with Crippen LogP contribution < -0.4 is 19.8 Å². The van der Waals surface area contributed by atoms with Crippen LogP contribution in [0.15, 0.2) is 42.6 Å². The summed E-state index contributed by atoms with van der Waals surface area (Å²) in [4.78, 5) is 17.1. The monoisotopic (exact) mass is 618 g/mol. The molecule has 1 saturated carbocycles. The van der Waals surface area contributed by atoms with E-state index in [0.717, 1.165) is 55.1 Å². The quantitative estimate of drug-likeness (QED) is 0.259. The fourth-order valence-electron chi connectivity index (χ4n) is 6.61. The van der Waals surface area contributed by atoms with Crippen molar-refractivity contribution in [3.05, 3.63) is 58.7 Å². The van der Waals surface area contributed by atoms with Crippen LogP contribution in [0, 0.1) is 0 Å². The molecule has 0 atom stereocenters. The van der Waals surface area contributed by atoms with Gasteiger partial charge in [-0.3, -0.25) is 4.90 Å². The Kier molecular flexibility index (Phi) is 8.58. The summed E-state index contributed by atoms with van der Waals surface area (Å²) in [6.07, 6.45) is 8.78. The number of likely N-dealkylation sites (N-methyl/N-ethyl adjacent to an activating group) is 1. The third-order valence-electron chi connectivity index (χ3n) is 9.35. The van der Waals surface area contributed by atoms with Crippen molar-refractivity contribution in [2.45, 2.75) is 56.7 Å². The maximum atomic E-state index is 6.62. The van der Waals surface area contributed by atoms with Gasteiger partial charge in [0.15, 0.2) is 5.82 Å². The van der Waals surface area contributed by atoms with Crippen molar-refractivity contribution in [2.24, 2.45) is 0 Å². The Hall–Kier alpha value is -2.72. The standard InChI is InChI=1S/C33H43ClN8S/c1-3-23-21-26(40-14-12-25(13-15-40)41-19-17-39(2)18-20-41)7-10-29(23)37-33-35-22-28(34)32(38-33)36-30-6-4-5-24-11-16-42(31(24)30)43-27-8-9-27/h4-7,10,21-22,25,27H,3,8-9,11-20H2,1-2H3,(H2,35,36,37,38). The van der Waals surface area contributed by atoms with Gasteiger partial charge in [0, 0.05) is 68.5 Å². The van der Waals surface area contributed by atoms with E-state index >= 15 is 0 Å². The number of benzene rings is 2. The molecule has 0 spiro atoms. The summed E-state index contributed by atoms with van der Waals surface area (Å²) in [5.74, 6) is 1.16. The highest BCUT2D eigenvalue weighted by Gasteiger charge is 2.31. The van der Waals surface area contributed by atoms with E-state index in [1.807, 2.05) is 11.9 Å². The molecular formula is C33H43ClN8S. The Morgan fingerprint density at radius 2 is 1.74 bits per heavy atom. The molecule has 1 aromatic heterocycles. The average molecular weight is 619 g/mol. The molecule has 10 heteroatoms. The van der Waals surface area contributed by atoms with Crippen LogP contribution in [-0.4, -0.2) is 83.9 Å². The number of halogens is 1. The summed E-state index contributed by atoms with van der Waals surface area (Å²) in [5, 5.41) is 8.30. The van der Waals surface area contributed by atoms with E-state index in [4.69, 9.17) is 16.6 Å².